The van der Waals surface area contributed by atoms with E-state index in [-0.39, 0.29) is 60.9 Å². The van der Waals surface area contributed by atoms with E-state index in [0.29, 0.717) is 5.56 Å². The van der Waals surface area contributed by atoms with Gasteiger partial charge in [-0.3, -0.25) is 4.79 Å². The van der Waals surface area contributed by atoms with Gasteiger partial charge in [-0.15, -0.1) is 0 Å². The summed E-state index contributed by atoms with van der Waals surface area (Å²) < 4.78 is 12.0. The Balaban J connectivity index is 0.000000215. The Bertz CT molecular complexity index is 1140. The molecule has 0 unspecified atom stereocenters. The molecule has 0 aromatic heterocycles. The van der Waals surface area contributed by atoms with E-state index in [4.69, 9.17) is 5.11 Å². The van der Waals surface area contributed by atoms with Gasteiger partial charge in [0.1, 0.15) is 0 Å². The molecule has 5 heteroatoms. The Hall–Kier alpha value is -1.92. The molecule has 0 bridgehead atoms. The fourth-order valence-electron chi connectivity index (χ4n) is 2.84. The minimum atomic E-state index is -1.05. The van der Waals surface area contributed by atoms with Gasteiger partial charge in [-0.25, -0.2) is 4.21 Å². The van der Waals surface area contributed by atoms with Gasteiger partial charge in [-0.2, -0.15) is 0 Å². The third-order valence-corrected chi connectivity index (χ3v) is 5.69. The molecule has 4 aromatic rings. The van der Waals surface area contributed by atoms with Crippen LogP contribution in [0.25, 0.3) is 10.8 Å². The van der Waals surface area contributed by atoms with Gasteiger partial charge in [0.25, 0.3) is 0 Å². The third-order valence-electron chi connectivity index (χ3n) is 4.29. The number of carbonyl (C=O) groups is 1. The fraction of sp³-hybridized carbons (Fsp3) is 0.0385. The topological polar surface area (TPSA) is 54.4 Å². The van der Waals surface area contributed by atoms with E-state index in [1.54, 1.807) is 6.07 Å². The number of carbonyl (C=O) groups excluding carboxylic acids is 1. The number of aliphatic hydroxyl groups excluding tert-OH is 1. The van der Waals surface area contributed by atoms with Crippen molar-refractivity contribution in [3.8, 4) is 0 Å². The van der Waals surface area contributed by atoms with Crippen LogP contribution in [0.15, 0.2) is 125 Å². The zero-order valence-corrected chi connectivity index (χ0v) is 20.2. The van der Waals surface area contributed by atoms with Gasteiger partial charge in [0.2, 0.25) is 0 Å². The molecule has 3 nitrogen and oxygen atoms in total. The normalized spacial score (nSPS) is 10.7. The van der Waals surface area contributed by atoms with Crippen molar-refractivity contribution >= 4 is 27.4 Å². The van der Waals surface area contributed by atoms with Gasteiger partial charge in [-0.05, 0) is 48.0 Å². The van der Waals surface area contributed by atoms with Crippen molar-refractivity contribution in [1.82, 2.24) is 0 Å². The average Bonchev–Trinajstić information content (AvgIpc) is 2.79. The average molecular weight is 566 g/mol. The quantitative estimate of drug-likeness (QED) is 0.178. The van der Waals surface area contributed by atoms with Crippen molar-refractivity contribution in [1.29, 1.82) is 0 Å². The maximum Gasteiger partial charge on any atom is 0.189 e. The standard InChI is InChI=1S/C14H12O2.C12H10OS.Eu/c1-10(15)8-14(16)13-7-6-11-4-2-3-5-12(11)9-13;13-14(11-7-3-1-4-8-11)12-9-5-2-6-10-12;/h2-9,15H,1H3;1-10H;. The number of allylic oxidation sites excluding steroid dienone is 2. The van der Waals surface area contributed by atoms with Crippen molar-refractivity contribution in [2.75, 3.05) is 0 Å². The van der Waals surface area contributed by atoms with Crippen LogP contribution in [0.1, 0.15) is 17.3 Å². The van der Waals surface area contributed by atoms with Crippen LogP contribution in [0.2, 0.25) is 0 Å². The number of rotatable bonds is 4. The number of benzene rings is 4. The summed E-state index contributed by atoms with van der Waals surface area (Å²) in [6.07, 6.45) is 1.23. The van der Waals surface area contributed by atoms with Gasteiger partial charge >= 0.3 is 0 Å². The van der Waals surface area contributed by atoms with E-state index >= 15 is 0 Å². The van der Waals surface area contributed by atoms with E-state index < -0.39 is 10.8 Å². The van der Waals surface area contributed by atoms with Gasteiger partial charge in [0, 0.05) is 70.8 Å². The first-order valence-electron chi connectivity index (χ1n) is 9.47. The summed E-state index contributed by atoms with van der Waals surface area (Å²) >= 11 is 0. The number of hydrogen-bond donors (Lipinski definition) is 1. The molecule has 0 fully saturated rings. The minimum absolute atomic E-state index is 0. The number of hydrogen-bond acceptors (Lipinski definition) is 3. The predicted octanol–water partition coefficient (Wildman–Crippen LogP) is 6.34. The SMILES string of the molecule is CC(O)=CC(=O)c1ccc2ccccc2c1.O=S(c1ccccc1)c1ccccc1.[Eu]. The summed E-state index contributed by atoms with van der Waals surface area (Å²) in [6.45, 7) is 1.49. The van der Waals surface area contributed by atoms with E-state index in [9.17, 15) is 9.00 Å². The van der Waals surface area contributed by atoms with Crippen LogP contribution in [0.3, 0.4) is 0 Å². The number of ketones is 1. The first-order valence-corrected chi connectivity index (χ1v) is 10.6. The molecule has 31 heavy (non-hydrogen) atoms. The van der Waals surface area contributed by atoms with Gasteiger partial charge < -0.3 is 5.11 Å². The Morgan fingerprint density at radius 3 is 1.74 bits per heavy atom. The Morgan fingerprint density at radius 2 is 1.23 bits per heavy atom. The molecule has 0 aliphatic heterocycles. The van der Waals surface area contributed by atoms with Crippen LogP contribution in [0.5, 0.6) is 0 Å². The van der Waals surface area contributed by atoms with Gasteiger partial charge in [0.15, 0.2) is 5.78 Å². The van der Waals surface area contributed by atoms with Gasteiger partial charge in [0.05, 0.1) is 16.6 Å². The smallest absolute Gasteiger partial charge is 0.189 e. The van der Waals surface area contributed by atoms with Crippen molar-refractivity contribution < 1.29 is 63.5 Å². The summed E-state index contributed by atoms with van der Waals surface area (Å²) in [5.41, 5.74) is 0.590. The van der Waals surface area contributed by atoms with Crippen molar-refractivity contribution in [3.05, 3.63) is 121 Å². The molecule has 0 aliphatic rings. The van der Waals surface area contributed by atoms with Gasteiger partial charge in [-0.1, -0.05) is 72.8 Å². The molecule has 0 amide bonds. The summed E-state index contributed by atoms with van der Waals surface area (Å²) in [5, 5.41) is 11.2. The van der Waals surface area contributed by atoms with Crippen molar-refractivity contribution in [3.63, 3.8) is 0 Å². The van der Waals surface area contributed by atoms with E-state index in [1.807, 2.05) is 97.1 Å². The monoisotopic (exact) mass is 567 g/mol. The van der Waals surface area contributed by atoms with Crippen LogP contribution < -0.4 is 0 Å². The molecule has 0 aliphatic carbocycles. The second kappa shape index (κ2) is 12.8. The molecule has 157 valence electrons. The zero-order chi connectivity index (χ0) is 21.3. The second-order valence-corrected chi connectivity index (χ2v) is 8.09. The summed E-state index contributed by atoms with van der Waals surface area (Å²) in [4.78, 5) is 13.4. The third kappa shape index (κ3) is 7.62. The fourth-order valence-corrected chi connectivity index (χ4v) is 3.92. The first kappa shape index (κ1) is 25.3. The zero-order valence-electron chi connectivity index (χ0n) is 16.9. The number of aliphatic hydroxyl groups is 1. The molecule has 0 atom stereocenters. The molecular weight excluding hydrogens is 544 g/mol. The molecule has 1 N–H and O–H groups in total. The van der Waals surface area contributed by atoms with Crippen molar-refractivity contribution in [2.24, 2.45) is 0 Å². The Kier molecular flexibility index (Phi) is 10.5. The molecule has 1 radical (unpaired) electrons. The maximum atomic E-state index is 12.0. The predicted molar refractivity (Wildman–Crippen MR) is 122 cm³/mol. The molecular formula is C26H22EuO3S. The number of fused-ring (bicyclic) bond motifs is 1. The molecule has 0 saturated heterocycles. The second-order valence-electron chi connectivity index (χ2n) is 6.61. The van der Waals surface area contributed by atoms with Crippen LogP contribution in [-0.4, -0.2) is 15.1 Å². The molecule has 0 saturated carbocycles. The largest absolute Gasteiger partial charge is 0.512 e. The molecule has 0 heterocycles. The molecule has 4 aromatic carbocycles. The van der Waals surface area contributed by atoms with E-state index in [2.05, 4.69) is 0 Å². The van der Waals surface area contributed by atoms with Crippen LogP contribution in [-0.2, 0) is 10.8 Å². The van der Waals surface area contributed by atoms with E-state index in [0.717, 1.165) is 20.6 Å². The Labute approximate surface area is 225 Å². The van der Waals surface area contributed by atoms with Crippen LogP contribution >= 0.6 is 0 Å². The van der Waals surface area contributed by atoms with Crippen LogP contribution in [0, 0.1) is 49.4 Å². The minimum Gasteiger partial charge on any atom is -0.512 e. The van der Waals surface area contributed by atoms with Crippen LogP contribution in [0.4, 0.5) is 0 Å². The summed E-state index contributed by atoms with van der Waals surface area (Å²) in [7, 11) is -1.05. The Morgan fingerprint density at radius 1 is 0.742 bits per heavy atom. The first-order chi connectivity index (χ1) is 14.5. The molecule has 4 rings (SSSR count). The summed E-state index contributed by atoms with van der Waals surface area (Å²) in [5.74, 6) is -0.149. The van der Waals surface area contributed by atoms with E-state index in [1.165, 1.54) is 13.0 Å². The maximum absolute atomic E-state index is 12.0. The van der Waals surface area contributed by atoms with Crippen molar-refractivity contribution in [2.45, 2.75) is 16.7 Å². The molecule has 0 spiro atoms. The summed E-state index contributed by atoms with van der Waals surface area (Å²) in [6, 6.07) is 32.3.